The van der Waals surface area contributed by atoms with Crippen LogP contribution in [-0.4, -0.2) is 63.8 Å². The van der Waals surface area contributed by atoms with Gasteiger partial charge in [0.1, 0.15) is 18.4 Å². The van der Waals surface area contributed by atoms with Crippen LogP contribution in [0.1, 0.15) is 187 Å². The minimum absolute atomic E-state index is 0.0749. The van der Waals surface area contributed by atoms with E-state index in [1.165, 1.54) is 135 Å². The number of hydrogen-bond acceptors (Lipinski definition) is 5. The van der Waals surface area contributed by atoms with E-state index < -0.39 is 24.5 Å². The molecular formula is C36H71NO5. The Morgan fingerprint density at radius 3 is 1.40 bits per heavy atom. The Labute approximate surface area is 260 Å². The Morgan fingerprint density at radius 2 is 1.00 bits per heavy atom. The van der Waals surface area contributed by atoms with Gasteiger partial charge in [-0.1, -0.05) is 162 Å². The molecule has 0 radical (unpaired) electrons. The Bertz CT molecular complexity index is 603. The lowest BCUT2D eigenvalue weighted by molar-refractivity contribution is -0.218. The van der Waals surface area contributed by atoms with E-state index in [4.69, 9.17) is 4.74 Å². The third-order valence-electron chi connectivity index (χ3n) is 9.14. The monoisotopic (exact) mass is 598 g/mol. The normalized spacial score (nSPS) is 20.7. The molecule has 0 aromatic heterocycles. The second kappa shape index (κ2) is 27.8. The van der Waals surface area contributed by atoms with Crippen molar-refractivity contribution in [3.63, 3.8) is 0 Å². The average Bonchev–Trinajstić information content (AvgIpc) is 2.99. The molecular weight excluding hydrogens is 526 g/mol. The van der Waals surface area contributed by atoms with E-state index in [-0.39, 0.29) is 18.9 Å². The summed E-state index contributed by atoms with van der Waals surface area (Å²) in [4.78, 5) is 15.1. The molecule has 3 N–H and O–H groups in total. The van der Waals surface area contributed by atoms with Crippen molar-refractivity contribution in [1.82, 2.24) is 4.90 Å². The van der Waals surface area contributed by atoms with E-state index >= 15 is 0 Å². The van der Waals surface area contributed by atoms with Gasteiger partial charge in [0, 0.05) is 19.4 Å². The van der Waals surface area contributed by atoms with Crippen LogP contribution in [0, 0.1) is 0 Å². The number of carbonyl (C=O) groups is 1. The quantitative estimate of drug-likeness (QED) is 0.0750. The molecule has 0 spiro atoms. The smallest absolute Gasteiger partial charge is 0.224 e. The molecule has 0 aromatic rings. The fourth-order valence-electron chi connectivity index (χ4n) is 6.27. The van der Waals surface area contributed by atoms with Gasteiger partial charge in [-0.05, 0) is 12.8 Å². The second-order valence-corrected chi connectivity index (χ2v) is 13.1. The van der Waals surface area contributed by atoms with Crippen LogP contribution in [0.3, 0.4) is 0 Å². The summed E-state index contributed by atoms with van der Waals surface area (Å²) in [5.41, 5.74) is 0. The number of unbranched alkanes of at least 4 members (excludes halogenated alkanes) is 23. The highest BCUT2D eigenvalue weighted by atomic mass is 16.5. The third-order valence-corrected chi connectivity index (χ3v) is 9.14. The summed E-state index contributed by atoms with van der Waals surface area (Å²) >= 11 is 0. The Kier molecular flexibility index (Phi) is 26.1. The van der Waals surface area contributed by atoms with Crippen molar-refractivity contribution in [3.8, 4) is 0 Å². The van der Waals surface area contributed by atoms with Crippen molar-refractivity contribution < 1.29 is 24.9 Å². The molecule has 0 unspecified atom stereocenters. The molecule has 6 heteroatoms. The minimum Gasteiger partial charge on any atom is -0.394 e. The number of carbonyl (C=O) groups excluding carboxylic acids is 1. The molecule has 1 heterocycles. The number of nitrogens with zero attached hydrogens (tertiary/aromatic N) is 1. The van der Waals surface area contributed by atoms with Crippen molar-refractivity contribution in [1.29, 1.82) is 0 Å². The fourth-order valence-corrected chi connectivity index (χ4v) is 6.27. The van der Waals surface area contributed by atoms with Crippen molar-refractivity contribution in [2.45, 2.75) is 212 Å². The summed E-state index contributed by atoms with van der Waals surface area (Å²) < 4.78 is 5.92. The molecule has 1 saturated heterocycles. The van der Waals surface area contributed by atoms with Gasteiger partial charge in [-0.15, -0.1) is 0 Å². The first-order valence-electron chi connectivity index (χ1n) is 18.5. The van der Waals surface area contributed by atoms with Crippen molar-refractivity contribution in [2.75, 3.05) is 13.2 Å². The maximum Gasteiger partial charge on any atom is 0.224 e. The number of hydrogen-bond donors (Lipinski definition) is 3. The van der Waals surface area contributed by atoms with Gasteiger partial charge in [-0.2, -0.15) is 0 Å². The third kappa shape index (κ3) is 19.6. The largest absolute Gasteiger partial charge is 0.394 e. The molecule has 1 rings (SSSR count). The van der Waals surface area contributed by atoms with Gasteiger partial charge < -0.3 is 25.0 Å². The summed E-state index contributed by atoms with van der Waals surface area (Å²) in [7, 11) is 0. The molecule has 250 valence electrons. The Hall–Kier alpha value is -0.690. The lowest BCUT2D eigenvalue weighted by Crippen LogP contribution is -2.56. The van der Waals surface area contributed by atoms with Gasteiger partial charge in [0.25, 0.3) is 0 Å². The molecule has 1 aliphatic heterocycles. The molecule has 1 aliphatic rings. The van der Waals surface area contributed by atoms with E-state index in [1.807, 2.05) is 0 Å². The summed E-state index contributed by atoms with van der Waals surface area (Å²) in [6, 6.07) is 0. The standard InChI is InChI=1S/C36H71NO5/c1-3-5-7-9-11-13-15-16-17-18-19-20-22-24-26-28-34(40)37(35-30-32(39)36(41)33(31-38)42-35)29-27-25-23-21-14-12-10-8-6-4-2/h32-33,35-36,38-39,41H,3-31H2,1-2H3/t32-,33-,35-,36+/m1/s1. The van der Waals surface area contributed by atoms with Crippen LogP contribution in [0.2, 0.25) is 0 Å². The van der Waals surface area contributed by atoms with Crippen LogP contribution in [0.5, 0.6) is 0 Å². The number of aliphatic hydroxyl groups is 3. The van der Waals surface area contributed by atoms with Crippen LogP contribution in [0.15, 0.2) is 0 Å². The molecule has 1 fully saturated rings. The molecule has 1 amide bonds. The van der Waals surface area contributed by atoms with Crippen molar-refractivity contribution in [3.05, 3.63) is 0 Å². The highest BCUT2D eigenvalue weighted by molar-refractivity contribution is 5.76. The van der Waals surface area contributed by atoms with Gasteiger partial charge >= 0.3 is 0 Å². The van der Waals surface area contributed by atoms with E-state index in [9.17, 15) is 20.1 Å². The number of aliphatic hydroxyl groups excluding tert-OH is 3. The maximum absolute atomic E-state index is 13.3. The predicted molar refractivity (Wildman–Crippen MR) is 175 cm³/mol. The number of rotatable bonds is 29. The molecule has 0 saturated carbocycles. The zero-order valence-electron chi connectivity index (χ0n) is 27.9. The van der Waals surface area contributed by atoms with Crippen LogP contribution in [0.4, 0.5) is 0 Å². The predicted octanol–water partition coefficient (Wildman–Crippen LogP) is 8.83. The summed E-state index contributed by atoms with van der Waals surface area (Å²) in [5, 5.41) is 30.2. The first-order chi connectivity index (χ1) is 20.5. The zero-order chi connectivity index (χ0) is 30.7. The van der Waals surface area contributed by atoms with Gasteiger partial charge in [0.05, 0.1) is 12.7 Å². The molecule has 0 aromatic carbocycles. The molecule has 6 nitrogen and oxygen atoms in total. The van der Waals surface area contributed by atoms with Crippen molar-refractivity contribution >= 4 is 5.91 Å². The van der Waals surface area contributed by atoms with E-state index in [0.29, 0.717) is 13.0 Å². The highest BCUT2D eigenvalue weighted by Crippen LogP contribution is 2.25. The second-order valence-electron chi connectivity index (χ2n) is 13.1. The SMILES string of the molecule is CCCCCCCCCCCCCCCCCC(=O)N(CCCCCCCCCCCC)[C@H]1C[C@@H](O)[C@H](O)[C@@H](CO)O1. The van der Waals surface area contributed by atoms with Crippen LogP contribution in [-0.2, 0) is 9.53 Å². The van der Waals surface area contributed by atoms with Gasteiger partial charge in [0.15, 0.2) is 0 Å². The lowest BCUT2D eigenvalue weighted by atomic mass is 10.00. The zero-order valence-corrected chi connectivity index (χ0v) is 27.9. The summed E-state index contributed by atoms with van der Waals surface area (Å²) in [5.74, 6) is 0.0749. The minimum atomic E-state index is -1.11. The number of ether oxygens (including phenoxy) is 1. The average molecular weight is 598 g/mol. The summed E-state index contributed by atoms with van der Waals surface area (Å²) in [6.07, 6.45) is 29.0. The van der Waals surface area contributed by atoms with Gasteiger partial charge in [0.2, 0.25) is 5.91 Å². The number of amides is 1. The van der Waals surface area contributed by atoms with E-state index in [2.05, 4.69) is 13.8 Å². The van der Waals surface area contributed by atoms with Crippen LogP contribution < -0.4 is 0 Å². The van der Waals surface area contributed by atoms with Crippen LogP contribution >= 0.6 is 0 Å². The maximum atomic E-state index is 13.3. The fraction of sp³-hybridized carbons (Fsp3) is 0.972. The molecule has 0 aliphatic carbocycles. The van der Waals surface area contributed by atoms with Gasteiger partial charge in [-0.25, -0.2) is 0 Å². The summed E-state index contributed by atoms with van der Waals surface area (Å²) in [6.45, 7) is 4.77. The van der Waals surface area contributed by atoms with Crippen LogP contribution in [0.25, 0.3) is 0 Å². The molecule has 4 atom stereocenters. The lowest BCUT2D eigenvalue weighted by Gasteiger charge is -2.41. The molecule has 42 heavy (non-hydrogen) atoms. The topological polar surface area (TPSA) is 90.2 Å². The first kappa shape index (κ1) is 39.3. The van der Waals surface area contributed by atoms with E-state index in [0.717, 1.165) is 25.7 Å². The van der Waals surface area contributed by atoms with E-state index in [1.54, 1.807) is 4.90 Å². The first-order valence-corrected chi connectivity index (χ1v) is 18.5. The molecule has 0 bridgehead atoms. The highest BCUT2D eigenvalue weighted by Gasteiger charge is 2.39. The Morgan fingerprint density at radius 1 is 0.619 bits per heavy atom. The van der Waals surface area contributed by atoms with Crippen molar-refractivity contribution in [2.24, 2.45) is 0 Å². The Balaban J connectivity index is 2.26. The van der Waals surface area contributed by atoms with Gasteiger partial charge in [-0.3, -0.25) is 4.79 Å².